The smallest absolute Gasteiger partial charge is 0.251 e. The summed E-state index contributed by atoms with van der Waals surface area (Å²) in [5.74, 6) is 0.847. The van der Waals surface area contributed by atoms with Crippen LogP contribution in [0.15, 0.2) is 47.4 Å². The van der Waals surface area contributed by atoms with Crippen LogP contribution < -0.4 is 14.8 Å². The number of hydrogen-bond acceptors (Lipinski definition) is 6. The van der Waals surface area contributed by atoms with Crippen LogP contribution in [0.25, 0.3) is 0 Å². The first-order valence-electron chi connectivity index (χ1n) is 9.66. The Morgan fingerprint density at radius 1 is 1.13 bits per heavy atom. The minimum absolute atomic E-state index is 0.102. The zero-order valence-electron chi connectivity index (χ0n) is 17.1. The maximum absolute atomic E-state index is 12.9. The van der Waals surface area contributed by atoms with Gasteiger partial charge in [-0.05, 0) is 36.8 Å². The van der Waals surface area contributed by atoms with Gasteiger partial charge in [0, 0.05) is 18.7 Å². The molecule has 0 aliphatic carbocycles. The third-order valence-corrected chi connectivity index (χ3v) is 6.67. The van der Waals surface area contributed by atoms with Crippen molar-refractivity contribution in [1.29, 1.82) is 0 Å². The number of nitrogens with zero attached hydrogens (tertiary/aromatic N) is 1. The molecule has 0 aromatic heterocycles. The van der Waals surface area contributed by atoms with Crippen molar-refractivity contribution in [3.8, 4) is 11.5 Å². The first-order chi connectivity index (χ1) is 14.4. The van der Waals surface area contributed by atoms with Gasteiger partial charge in [-0.15, -0.1) is 0 Å². The highest BCUT2D eigenvalue weighted by atomic mass is 32.2. The lowest BCUT2D eigenvalue weighted by Crippen LogP contribution is -2.40. The molecule has 9 heteroatoms. The van der Waals surface area contributed by atoms with Gasteiger partial charge in [0.25, 0.3) is 5.91 Å². The third-order valence-electron chi connectivity index (χ3n) is 4.78. The fourth-order valence-corrected chi connectivity index (χ4v) is 4.54. The maximum atomic E-state index is 12.9. The number of para-hydroxylation sites is 2. The number of nitrogens with one attached hydrogen (secondary N) is 1. The van der Waals surface area contributed by atoms with Gasteiger partial charge in [0.05, 0.1) is 31.8 Å². The first-order valence-corrected chi connectivity index (χ1v) is 11.1. The highest BCUT2D eigenvalue weighted by Gasteiger charge is 2.27. The van der Waals surface area contributed by atoms with Gasteiger partial charge in [0.2, 0.25) is 10.0 Å². The van der Waals surface area contributed by atoms with E-state index in [4.69, 9.17) is 14.2 Å². The summed E-state index contributed by atoms with van der Waals surface area (Å²) in [4.78, 5) is 12.7. The number of rotatable bonds is 8. The summed E-state index contributed by atoms with van der Waals surface area (Å²) in [7, 11) is -2.11. The normalized spacial score (nSPS) is 14.9. The second-order valence-corrected chi connectivity index (χ2v) is 8.69. The number of sulfonamides is 1. The molecule has 0 radical (unpaired) electrons. The Labute approximate surface area is 176 Å². The molecule has 0 atom stereocenters. The van der Waals surface area contributed by atoms with Crippen molar-refractivity contribution < 1.29 is 27.4 Å². The fourth-order valence-electron chi connectivity index (χ4n) is 3.10. The number of ether oxygens (including phenoxy) is 3. The average molecular weight is 435 g/mol. The molecule has 30 heavy (non-hydrogen) atoms. The molecule has 2 aromatic rings. The number of amides is 1. The molecular formula is C21H26N2O6S. The molecular weight excluding hydrogens is 408 g/mol. The van der Waals surface area contributed by atoms with E-state index in [0.29, 0.717) is 48.9 Å². The van der Waals surface area contributed by atoms with Crippen molar-refractivity contribution in [3.05, 3.63) is 53.6 Å². The van der Waals surface area contributed by atoms with E-state index < -0.39 is 10.0 Å². The Balaban J connectivity index is 1.63. The van der Waals surface area contributed by atoms with Crippen LogP contribution in [0.3, 0.4) is 0 Å². The predicted octanol–water partition coefficient (Wildman–Crippen LogP) is 1.83. The Bertz CT molecular complexity index is 987. The number of morpholine rings is 1. The Hall–Kier alpha value is -2.62. The summed E-state index contributed by atoms with van der Waals surface area (Å²) in [6, 6.07) is 11.8. The molecule has 0 bridgehead atoms. The summed E-state index contributed by atoms with van der Waals surface area (Å²) in [5, 5.41) is 2.77. The van der Waals surface area contributed by atoms with Gasteiger partial charge >= 0.3 is 0 Å². The molecule has 0 saturated carbocycles. The lowest BCUT2D eigenvalue weighted by atomic mass is 10.1. The standard InChI is InChI=1S/C21H26N2O6S/c1-16-7-8-17(30(25,26)23-10-13-28-14-11-23)15-18(16)21(24)22-9-12-29-20-6-4-3-5-19(20)27-2/h3-8,15H,9-14H2,1-2H3,(H,22,24). The maximum Gasteiger partial charge on any atom is 0.251 e. The minimum Gasteiger partial charge on any atom is -0.493 e. The Morgan fingerprint density at radius 3 is 2.53 bits per heavy atom. The van der Waals surface area contributed by atoms with Crippen LogP contribution >= 0.6 is 0 Å². The molecule has 1 N–H and O–H groups in total. The molecule has 1 saturated heterocycles. The van der Waals surface area contributed by atoms with Crippen molar-refractivity contribution in [3.63, 3.8) is 0 Å². The first kappa shape index (κ1) is 22.1. The predicted molar refractivity (Wildman–Crippen MR) is 112 cm³/mol. The van der Waals surface area contributed by atoms with Crippen LogP contribution in [0.5, 0.6) is 11.5 Å². The molecule has 1 amide bonds. The third kappa shape index (κ3) is 5.10. The summed E-state index contributed by atoms with van der Waals surface area (Å²) < 4.78 is 43.2. The van der Waals surface area contributed by atoms with E-state index in [0.717, 1.165) is 0 Å². The van der Waals surface area contributed by atoms with Crippen LogP contribution in [-0.4, -0.2) is 65.2 Å². The van der Waals surface area contributed by atoms with E-state index in [1.165, 1.54) is 16.4 Å². The average Bonchev–Trinajstić information content (AvgIpc) is 2.77. The summed E-state index contributed by atoms with van der Waals surface area (Å²) in [6.07, 6.45) is 0. The minimum atomic E-state index is -3.67. The van der Waals surface area contributed by atoms with Gasteiger partial charge in [-0.25, -0.2) is 8.42 Å². The number of methoxy groups -OCH3 is 1. The zero-order valence-corrected chi connectivity index (χ0v) is 17.9. The second kappa shape index (κ2) is 9.92. The van der Waals surface area contributed by atoms with Crippen LogP contribution in [0, 0.1) is 6.92 Å². The summed E-state index contributed by atoms with van der Waals surface area (Å²) >= 11 is 0. The van der Waals surface area contributed by atoms with E-state index in [1.807, 2.05) is 12.1 Å². The molecule has 1 heterocycles. The fraction of sp³-hybridized carbons (Fsp3) is 0.381. The molecule has 0 unspecified atom stereocenters. The number of hydrogen-bond donors (Lipinski definition) is 1. The van der Waals surface area contributed by atoms with Crippen molar-refractivity contribution in [2.75, 3.05) is 46.6 Å². The molecule has 3 rings (SSSR count). The van der Waals surface area contributed by atoms with Crippen molar-refractivity contribution in [2.24, 2.45) is 0 Å². The number of carbonyl (C=O) groups excluding carboxylic acids is 1. The van der Waals surface area contributed by atoms with E-state index in [2.05, 4.69) is 5.32 Å². The van der Waals surface area contributed by atoms with Gasteiger partial charge in [-0.2, -0.15) is 4.31 Å². The molecule has 162 valence electrons. The van der Waals surface area contributed by atoms with Gasteiger partial charge in [0.15, 0.2) is 11.5 Å². The van der Waals surface area contributed by atoms with Gasteiger partial charge in [-0.3, -0.25) is 4.79 Å². The Kier molecular flexibility index (Phi) is 7.30. The summed E-state index contributed by atoms with van der Waals surface area (Å²) in [5.41, 5.74) is 1.01. The van der Waals surface area contributed by atoms with Gasteiger partial charge < -0.3 is 19.5 Å². The van der Waals surface area contributed by atoms with E-state index in [1.54, 1.807) is 32.2 Å². The van der Waals surface area contributed by atoms with E-state index in [9.17, 15) is 13.2 Å². The molecule has 1 aliphatic rings. The largest absolute Gasteiger partial charge is 0.493 e. The highest BCUT2D eigenvalue weighted by molar-refractivity contribution is 7.89. The lowest BCUT2D eigenvalue weighted by molar-refractivity contribution is 0.0730. The molecule has 8 nitrogen and oxygen atoms in total. The van der Waals surface area contributed by atoms with Crippen molar-refractivity contribution >= 4 is 15.9 Å². The van der Waals surface area contributed by atoms with E-state index in [-0.39, 0.29) is 24.0 Å². The Morgan fingerprint density at radius 2 is 1.83 bits per heavy atom. The van der Waals surface area contributed by atoms with Crippen LogP contribution in [-0.2, 0) is 14.8 Å². The number of aryl methyl sites for hydroxylation is 1. The molecule has 1 fully saturated rings. The zero-order chi connectivity index (χ0) is 21.6. The van der Waals surface area contributed by atoms with Crippen LogP contribution in [0.4, 0.5) is 0 Å². The monoisotopic (exact) mass is 434 g/mol. The van der Waals surface area contributed by atoms with Crippen LogP contribution in [0.2, 0.25) is 0 Å². The summed E-state index contributed by atoms with van der Waals surface area (Å²) in [6.45, 7) is 3.62. The van der Waals surface area contributed by atoms with Crippen LogP contribution in [0.1, 0.15) is 15.9 Å². The molecule has 1 aliphatic heterocycles. The second-order valence-electron chi connectivity index (χ2n) is 6.75. The van der Waals surface area contributed by atoms with E-state index >= 15 is 0 Å². The quantitative estimate of drug-likeness (QED) is 0.637. The molecule has 2 aromatic carbocycles. The lowest BCUT2D eigenvalue weighted by Gasteiger charge is -2.26. The number of carbonyl (C=O) groups is 1. The van der Waals surface area contributed by atoms with Crippen molar-refractivity contribution in [2.45, 2.75) is 11.8 Å². The molecule has 0 spiro atoms. The van der Waals surface area contributed by atoms with Gasteiger partial charge in [-0.1, -0.05) is 18.2 Å². The van der Waals surface area contributed by atoms with Gasteiger partial charge in [0.1, 0.15) is 6.61 Å². The number of benzene rings is 2. The SMILES string of the molecule is COc1ccccc1OCCNC(=O)c1cc(S(=O)(=O)N2CCOCC2)ccc1C. The topological polar surface area (TPSA) is 94.2 Å². The van der Waals surface area contributed by atoms with Crippen molar-refractivity contribution in [1.82, 2.24) is 9.62 Å². The highest BCUT2D eigenvalue weighted by Crippen LogP contribution is 2.25.